The number of nitrogens with zero attached hydrogens (tertiary/aromatic N) is 1. The highest BCUT2D eigenvalue weighted by atomic mass is 127. The molecule has 2 atom stereocenters. The van der Waals surface area contributed by atoms with E-state index in [1.807, 2.05) is 6.20 Å². The minimum atomic E-state index is -0.295. The lowest BCUT2D eigenvalue weighted by atomic mass is 10.0. The lowest BCUT2D eigenvalue weighted by Gasteiger charge is -2.14. The first-order valence-electron chi connectivity index (χ1n) is 5.31. The quantitative estimate of drug-likeness (QED) is 0.779. The summed E-state index contributed by atoms with van der Waals surface area (Å²) in [6, 6.07) is 2.11. The third-order valence-electron chi connectivity index (χ3n) is 3.13. The Morgan fingerprint density at radius 1 is 1.47 bits per heavy atom. The molecule has 2 aliphatic rings. The Morgan fingerprint density at radius 3 is 3.00 bits per heavy atom. The molecule has 0 spiro atoms. The molecule has 1 aromatic heterocycles. The zero-order chi connectivity index (χ0) is 12.0. The van der Waals surface area contributed by atoms with Crippen molar-refractivity contribution in [3.8, 4) is 0 Å². The molecule has 4 nitrogen and oxygen atoms in total. The molecule has 2 amide bonds. The van der Waals surface area contributed by atoms with Crippen LogP contribution in [0.1, 0.15) is 23.6 Å². The van der Waals surface area contributed by atoms with Gasteiger partial charge >= 0.3 is 0 Å². The van der Waals surface area contributed by atoms with Gasteiger partial charge in [-0.15, -0.1) is 0 Å². The fraction of sp³-hybridized carbons (Fsp3) is 0.364. The van der Waals surface area contributed by atoms with Crippen molar-refractivity contribution in [2.24, 2.45) is 0 Å². The van der Waals surface area contributed by atoms with Gasteiger partial charge in [-0.3, -0.25) is 19.9 Å². The van der Waals surface area contributed by atoms with E-state index in [-0.39, 0.29) is 22.3 Å². The van der Waals surface area contributed by atoms with E-state index in [2.05, 4.69) is 39.0 Å². The third kappa shape index (κ3) is 1.97. The summed E-state index contributed by atoms with van der Waals surface area (Å²) in [4.78, 5) is 27.3. The van der Waals surface area contributed by atoms with Crippen LogP contribution in [-0.4, -0.2) is 21.4 Å². The molecule has 0 saturated carbocycles. The molecule has 1 fully saturated rings. The predicted molar refractivity (Wildman–Crippen MR) is 72.9 cm³/mol. The smallest absolute Gasteiger partial charge is 0.286 e. The SMILES string of the molecule is O=C1NC(=O)C([C@@H]2CCc3cc(I)cnc32)S1. The van der Waals surface area contributed by atoms with Gasteiger partial charge in [0.2, 0.25) is 5.91 Å². The molecule has 17 heavy (non-hydrogen) atoms. The van der Waals surface area contributed by atoms with Crippen molar-refractivity contribution in [2.45, 2.75) is 24.0 Å². The molecule has 0 radical (unpaired) electrons. The molecular weight excluding hydrogens is 351 g/mol. The Balaban J connectivity index is 1.93. The molecule has 0 bridgehead atoms. The monoisotopic (exact) mass is 360 g/mol. The van der Waals surface area contributed by atoms with E-state index in [0.29, 0.717) is 0 Å². The molecule has 1 unspecified atom stereocenters. The van der Waals surface area contributed by atoms with Gasteiger partial charge < -0.3 is 0 Å². The topological polar surface area (TPSA) is 59.1 Å². The number of halogens is 1. The zero-order valence-electron chi connectivity index (χ0n) is 8.77. The number of rotatable bonds is 1. The largest absolute Gasteiger partial charge is 0.286 e. The van der Waals surface area contributed by atoms with E-state index < -0.39 is 0 Å². The van der Waals surface area contributed by atoms with Crippen molar-refractivity contribution < 1.29 is 9.59 Å². The van der Waals surface area contributed by atoms with Crippen LogP contribution in [0.25, 0.3) is 0 Å². The molecule has 1 aliphatic heterocycles. The second kappa shape index (κ2) is 4.24. The summed E-state index contributed by atoms with van der Waals surface area (Å²) in [7, 11) is 0. The number of carbonyl (C=O) groups excluding carboxylic acids is 2. The highest BCUT2D eigenvalue weighted by molar-refractivity contribution is 14.1. The molecular formula is C11H9IN2O2S. The van der Waals surface area contributed by atoms with E-state index in [9.17, 15) is 9.59 Å². The van der Waals surface area contributed by atoms with Gasteiger partial charge in [0.1, 0.15) is 5.25 Å². The van der Waals surface area contributed by atoms with Crippen LogP contribution in [0.4, 0.5) is 4.79 Å². The fourth-order valence-electron chi connectivity index (χ4n) is 2.40. The lowest BCUT2D eigenvalue weighted by molar-refractivity contribution is -0.119. The Labute approximate surface area is 116 Å². The summed E-state index contributed by atoms with van der Waals surface area (Å²) in [5.74, 6) is -0.0864. The Bertz CT molecular complexity index is 520. The maximum atomic E-state index is 11.7. The molecule has 0 aromatic carbocycles. The van der Waals surface area contributed by atoms with Crippen LogP contribution in [0, 0.1) is 3.57 Å². The van der Waals surface area contributed by atoms with Crippen molar-refractivity contribution in [3.05, 3.63) is 27.1 Å². The number of nitrogens with one attached hydrogen (secondary N) is 1. The highest BCUT2D eigenvalue weighted by Gasteiger charge is 2.41. The number of amides is 2. The van der Waals surface area contributed by atoms with Crippen molar-refractivity contribution >= 4 is 45.5 Å². The number of aryl methyl sites for hydroxylation is 1. The van der Waals surface area contributed by atoms with Gasteiger partial charge in [0.05, 0.1) is 0 Å². The molecule has 1 saturated heterocycles. The minimum absolute atomic E-state index is 0.0819. The summed E-state index contributed by atoms with van der Waals surface area (Å²) in [5.41, 5.74) is 2.21. The van der Waals surface area contributed by atoms with Crippen LogP contribution in [0.5, 0.6) is 0 Å². The molecule has 88 valence electrons. The van der Waals surface area contributed by atoms with Crippen molar-refractivity contribution in [3.63, 3.8) is 0 Å². The van der Waals surface area contributed by atoms with Gasteiger partial charge in [0, 0.05) is 21.4 Å². The summed E-state index contributed by atoms with van der Waals surface area (Å²) in [6.45, 7) is 0. The lowest BCUT2D eigenvalue weighted by Crippen LogP contribution is -2.28. The number of thioether (sulfide) groups is 1. The van der Waals surface area contributed by atoms with Crippen LogP contribution < -0.4 is 5.32 Å². The molecule has 3 rings (SSSR count). The number of hydrogen-bond acceptors (Lipinski definition) is 4. The number of pyridine rings is 1. The summed E-state index contributed by atoms with van der Waals surface area (Å²) < 4.78 is 1.11. The van der Waals surface area contributed by atoms with Crippen LogP contribution >= 0.6 is 34.4 Å². The Hall–Kier alpha value is -0.630. The number of aromatic nitrogens is 1. The normalized spacial score (nSPS) is 27.1. The van der Waals surface area contributed by atoms with Gasteiger partial charge in [-0.1, -0.05) is 11.8 Å². The maximum Gasteiger partial charge on any atom is 0.286 e. The van der Waals surface area contributed by atoms with Gasteiger partial charge in [-0.25, -0.2) is 0 Å². The first kappa shape index (κ1) is 11.5. The van der Waals surface area contributed by atoms with E-state index in [1.54, 1.807) is 0 Å². The van der Waals surface area contributed by atoms with Crippen LogP contribution in [0.15, 0.2) is 12.3 Å². The summed E-state index contributed by atoms with van der Waals surface area (Å²) in [6.07, 6.45) is 3.67. The van der Waals surface area contributed by atoms with Gasteiger partial charge in [-0.2, -0.15) is 0 Å². The fourth-order valence-corrected chi connectivity index (χ4v) is 3.90. The van der Waals surface area contributed by atoms with Gasteiger partial charge in [0.15, 0.2) is 0 Å². The predicted octanol–water partition coefficient (Wildman–Crippen LogP) is 2.07. The summed E-state index contributed by atoms with van der Waals surface area (Å²) >= 11 is 3.33. The van der Waals surface area contributed by atoms with E-state index in [4.69, 9.17) is 0 Å². The standard InChI is InChI=1S/C11H9IN2O2S/c12-6-3-5-1-2-7(8(5)13-4-6)9-10(15)14-11(16)17-9/h3-4,7,9H,1-2H2,(H,14,15,16)/t7-,9?/m1/s1. The number of hydrogen-bond donors (Lipinski definition) is 1. The molecule has 1 N–H and O–H groups in total. The first-order chi connectivity index (χ1) is 8.15. The van der Waals surface area contributed by atoms with E-state index in [0.717, 1.165) is 33.9 Å². The van der Waals surface area contributed by atoms with E-state index in [1.165, 1.54) is 5.56 Å². The zero-order valence-corrected chi connectivity index (χ0v) is 11.7. The summed E-state index contributed by atoms with van der Waals surface area (Å²) in [5, 5.41) is 1.81. The second-order valence-electron chi connectivity index (χ2n) is 4.16. The molecule has 6 heteroatoms. The van der Waals surface area contributed by atoms with Crippen LogP contribution in [-0.2, 0) is 11.2 Å². The van der Waals surface area contributed by atoms with Crippen molar-refractivity contribution in [1.29, 1.82) is 0 Å². The number of fused-ring (bicyclic) bond motifs is 1. The third-order valence-corrected chi connectivity index (χ3v) is 4.83. The molecule has 1 aromatic rings. The Kier molecular flexibility index (Phi) is 2.86. The van der Waals surface area contributed by atoms with Crippen molar-refractivity contribution in [2.75, 3.05) is 0 Å². The Morgan fingerprint density at radius 2 is 2.29 bits per heavy atom. The second-order valence-corrected chi connectivity index (χ2v) is 6.52. The average Bonchev–Trinajstić information content (AvgIpc) is 2.81. The number of carbonyl (C=O) groups is 2. The van der Waals surface area contributed by atoms with Gasteiger partial charge in [0.25, 0.3) is 5.24 Å². The average molecular weight is 360 g/mol. The minimum Gasteiger partial charge on any atom is -0.286 e. The van der Waals surface area contributed by atoms with Crippen molar-refractivity contribution in [1.82, 2.24) is 10.3 Å². The van der Waals surface area contributed by atoms with Crippen LogP contribution in [0.3, 0.4) is 0 Å². The molecule has 1 aliphatic carbocycles. The maximum absolute atomic E-state index is 11.7. The van der Waals surface area contributed by atoms with Crippen LogP contribution in [0.2, 0.25) is 0 Å². The first-order valence-corrected chi connectivity index (χ1v) is 7.27. The van der Waals surface area contributed by atoms with Gasteiger partial charge in [-0.05, 0) is 47.1 Å². The molecule has 2 heterocycles. The van der Waals surface area contributed by atoms with E-state index >= 15 is 0 Å². The highest BCUT2D eigenvalue weighted by Crippen LogP contribution is 2.41. The number of imide groups is 1.